The summed E-state index contributed by atoms with van der Waals surface area (Å²) < 4.78 is 0. The Kier molecular flexibility index (Phi) is 2.16. The van der Waals surface area contributed by atoms with Crippen LogP contribution in [0.5, 0.6) is 0 Å². The van der Waals surface area contributed by atoms with E-state index in [2.05, 4.69) is 38.1 Å². The van der Waals surface area contributed by atoms with E-state index in [0.29, 0.717) is 5.41 Å². The fourth-order valence-corrected chi connectivity index (χ4v) is 4.00. The van der Waals surface area contributed by atoms with Crippen molar-refractivity contribution in [3.05, 3.63) is 35.4 Å². The Hall–Kier alpha value is -0.820. The highest BCUT2D eigenvalue weighted by Gasteiger charge is 2.60. The standard InChI is InChI=1S/C15H21N/c1-15(2)13(9-16)14(15)12-8-7-10-5-3-4-6-11(10)12/h3-6,12-14H,7-9,16H2,1-2H3/t12?,13-,14-/m0/s1. The van der Waals surface area contributed by atoms with Gasteiger partial charge in [-0.25, -0.2) is 0 Å². The molecule has 2 N–H and O–H groups in total. The lowest BCUT2D eigenvalue weighted by Crippen LogP contribution is -2.06. The number of benzene rings is 1. The predicted octanol–water partition coefficient (Wildman–Crippen LogP) is 2.95. The lowest BCUT2D eigenvalue weighted by molar-refractivity contribution is 0.479. The summed E-state index contributed by atoms with van der Waals surface area (Å²) in [7, 11) is 0. The number of hydrogen-bond donors (Lipinski definition) is 1. The van der Waals surface area contributed by atoms with E-state index >= 15 is 0 Å². The van der Waals surface area contributed by atoms with Crippen molar-refractivity contribution in [2.75, 3.05) is 6.54 Å². The van der Waals surface area contributed by atoms with Crippen molar-refractivity contribution in [1.29, 1.82) is 0 Å². The molecule has 1 nitrogen and oxygen atoms in total. The minimum atomic E-state index is 0.469. The minimum absolute atomic E-state index is 0.469. The van der Waals surface area contributed by atoms with Crippen LogP contribution in [0.15, 0.2) is 24.3 Å². The van der Waals surface area contributed by atoms with Gasteiger partial charge in [-0.3, -0.25) is 0 Å². The van der Waals surface area contributed by atoms with E-state index in [0.717, 1.165) is 24.3 Å². The van der Waals surface area contributed by atoms with E-state index in [1.54, 1.807) is 11.1 Å². The molecule has 1 heteroatoms. The molecule has 86 valence electrons. The van der Waals surface area contributed by atoms with Crippen molar-refractivity contribution < 1.29 is 0 Å². The molecule has 3 atom stereocenters. The molecule has 1 aromatic carbocycles. The number of fused-ring (bicyclic) bond motifs is 1. The zero-order valence-corrected chi connectivity index (χ0v) is 10.2. The molecule has 1 unspecified atom stereocenters. The summed E-state index contributed by atoms with van der Waals surface area (Å²) in [4.78, 5) is 0. The Labute approximate surface area is 98.0 Å². The Balaban J connectivity index is 1.90. The maximum Gasteiger partial charge on any atom is -0.00406 e. The largest absolute Gasteiger partial charge is 0.330 e. The zero-order chi connectivity index (χ0) is 11.3. The molecule has 0 bridgehead atoms. The van der Waals surface area contributed by atoms with Gasteiger partial charge in [-0.1, -0.05) is 38.1 Å². The van der Waals surface area contributed by atoms with Crippen LogP contribution >= 0.6 is 0 Å². The molecule has 0 amide bonds. The monoisotopic (exact) mass is 215 g/mol. The second kappa shape index (κ2) is 3.33. The van der Waals surface area contributed by atoms with Crippen LogP contribution in [-0.2, 0) is 6.42 Å². The first-order valence-corrected chi connectivity index (χ1v) is 6.44. The molecule has 1 aromatic rings. The highest BCUT2D eigenvalue weighted by atomic mass is 14.7. The lowest BCUT2D eigenvalue weighted by atomic mass is 9.91. The van der Waals surface area contributed by atoms with Crippen LogP contribution in [0.1, 0.15) is 37.3 Å². The third-order valence-corrected chi connectivity index (χ3v) is 5.01. The fourth-order valence-electron chi connectivity index (χ4n) is 4.00. The topological polar surface area (TPSA) is 26.0 Å². The molecule has 1 fully saturated rings. The molecule has 0 aromatic heterocycles. The average Bonchev–Trinajstić information content (AvgIpc) is 2.66. The maximum atomic E-state index is 5.89. The van der Waals surface area contributed by atoms with Gasteiger partial charge in [0.15, 0.2) is 0 Å². The van der Waals surface area contributed by atoms with E-state index in [4.69, 9.17) is 5.73 Å². The normalized spacial score (nSPS) is 34.8. The molecular weight excluding hydrogens is 194 g/mol. The van der Waals surface area contributed by atoms with E-state index in [-0.39, 0.29) is 0 Å². The van der Waals surface area contributed by atoms with Gasteiger partial charge in [0.2, 0.25) is 0 Å². The van der Waals surface area contributed by atoms with Crippen LogP contribution in [0.4, 0.5) is 0 Å². The van der Waals surface area contributed by atoms with Crippen molar-refractivity contribution in [3.8, 4) is 0 Å². The first kappa shape index (κ1) is 10.3. The van der Waals surface area contributed by atoms with Gasteiger partial charge < -0.3 is 5.73 Å². The summed E-state index contributed by atoms with van der Waals surface area (Å²) in [6.45, 7) is 5.63. The Morgan fingerprint density at radius 3 is 2.75 bits per heavy atom. The van der Waals surface area contributed by atoms with E-state index < -0.39 is 0 Å². The molecule has 2 aliphatic rings. The SMILES string of the molecule is CC1(C)[C@@H](CN)[C@@H]1C1CCc2ccccc21. The lowest BCUT2D eigenvalue weighted by Gasteiger charge is -2.13. The Morgan fingerprint density at radius 2 is 2.06 bits per heavy atom. The van der Waals surface area contributed by atoms with E-state index in [1.165, 1.54) is 12.8 Å². The van der Waals surface area contributed by atoms with E-state index in [1.807, 2.05) is 0 Å². The summed E-state index contributed by atoms with van der Waals surface area (Å²) in [5.41, 5.74) is 9.54. The third-order valence-electron chi connectivity index (χ3n) is 5.01. The highest BCUT2D eigenvalue weighted by molar-refractivity contribution is 5.37. The Morgan fingerprint density at radius 1 is 1.31 bits per heavy atom. The first-order chi connectivity index (χ1) is 7.66. The summed E-state index contributed by atoms with van der Waals surface area (Å²) in [6.07, 6.45) is 2.61. The van der Waals surface area contributed by atoms with Crippen LogP contribution in [0.2, 0.25) is 0 Å². The van der Waals surface area contributed by atoms with Crippen LogP contribution in [-0.4, -0.2) is 6.54 Å². The van der Waals surface area contributed by atoms with E-state index in [9.17, 15) is 0 Å². The molecule has 16 heavy (non-hydrogen) atoms. The van der Waals surface area contributed by atoms with Crippen molar-refractivity contribution in [3.63, 3.8) is 0 Å². The van der Waals surface area contributed by atoms with Crippen molar-refractivity contribution in [1.82, 2.24) is 0 Å². The molecule has 0 aliphatic heterocycles. The maximum absolute atomic E-state index is 5.89. The summed E-state index contributed by atoms with van der Waals surface area (Å²) in [5, 5.41) is 0. The summed E-state index contributed by atoms with van der Waals surface area (Å²) in [5.74, 6) is 2.34. The quantitative estimate of drug-likeness (QED) is 0.806. The van der Waals surface area contributed by atoms with Crippen molar-refractivity contribution >= 4 is 0 Å². The van der Waals surface area contributed by atoms with Crippen LogP contribution in [0.3, 0.4) is 0 Å². The molecule has 0 heterocycles. The van der Waals surface area contributed by atoms with Crippen LogP contribution in [0, 0.1) is 17.3 Å². The van der Waals surface area contributed by atoms with Crippen LogP contribution < -0.4 is 5.73 Å². The minimum Gasteiger partial charge on any atom is -0.330 e. The second-order valence-electron chi connectivity index (χ2n) is 6.03. The van der Waals surface area contributed by atoms with Gasteiger partial charge >= 0.3 is 0 Å². The number of nitrogens with two attached hydrogens (primary N) is 1. The van der Waals surface area contributed by atoms with Gasteiger partial charge in [-0.2, -0.15) is 0 Å². The second-order valence-corrected chi connectivity index (χ2v) is 6.03. The molecule has 1 saturated carbocycles. The molecule has 0 saturated heterocycles. The van der Waals surface area contributed by atoms with Gasteiger partial charge in [-0.05, 0) is 53.7 Å². The molecule has 3 rings (SSSR count). The van der Waals surface area contributed by atoms with Crippen LogP contribution in [0.25, 0.3) is 0 Å². The number of rotatable bonds is 2. The van der Waals surface area contributed by atoms with Crippen molar-refractivity contribution in [2.45, 2.75) is 32.6 Å². The fraction of sp³-hybridized carbons (Fsp3) is 0.600. The Bertz CT molecular complexity index is 408. The first-order valence-electron chi connectivity index (χ1n) is 6.44. The molecule has 0 radical (unpaired) electrons. The molecular formula is C15H21N. The van der Waals surface area contributed by atoms with Crippen molar-refractivity contribution in [2.24, 2.45) is 23.0 Å². The number of aryl methyl sites for hydroxylation is 1. The summed E-state index contributed by atoms with van der Waals surface area (Å²) in [6, 6.07) is 8.97. The highest BCUT2D eigenvalue weighted by Crippen LogP contribution is 2.65. The third kappa shape index (κ3) is 1.27. The molecule has 0 spiro atoms. The van der Waals surface area contributed by atoms with Gasteiger partial charge in [0.25, 0.3) is 0 Å². The van der Waals surface area contributed by atoms with Gasteiger partial charge in [0, 0.05) is 0 Å². The summed E-state index contributed by atoms with van der Waals surface area (Å²) >= 11 is 0. The predicted molar refractivity (Wildman–Crippen MR) is 67.3 cm³/mol. The van der Waals surface area contributed by atoms with Gasteiger partial charge in [-0.15, -0.1) is 0 Å². The van der Waals surface area contributed by atoms with Gasteiger partial charge in [0.1, 0.15) is 0 Å². The average molecular weight is 215 g/mol. The zero-order valence-electron chi connectivity index (χ0n) is 10.2. The molecule has 2 aliphatic carbocycles. The smallest absolute Gasteiger partial charge is 0.00406 e. The van der Waals surface area contributed by atoms with Gasteiger partial charge in [0.05, 0.1) is 0 Å². The number of hydrogen-bond acceptors (Lipinski definition) is 1.